The van der Waals surface area contributed by atoms with Crippen molar-refractivity contribution in [3.8, 4) is 22.3 Å². The van der Waals surface area contributed by atoms with Gasteiger partial charge in [0.25, 0.3) is 0 Å². The van der Waals surface area contributed by atoms with Gasteiger partial charge in [-0.2, -0.15) is 0 Å². The van der Waals surface area contributed by atoms with Crippen molar-refractivity contribution in [2.45, 2.75) is 25.7 Å². The van der Waals surface area contributed by atoms with Crippen LogP contribution in [0.15, 0.2) is 206 Å². The quantitative estimate of drug-likeness (QED) is 0.165. The molecule has 0 saturated carbocycles. The summed E-state index contributed by atoms with van der Waals surface area (Å²) in [5, 5.41) is 7.46. The van der Waals surface area contributed by atoms with Crippen molar-refractivity contribution < 1.29 is 0 Å². The number of benzene rings is 10. The first-order valence-electron chi connectivity index (χ1n) is 21.3. The van der Waals surface area contributed by atoms with Crippen LogP contribution in [0, 0.1) is 0 Å². The van der Waals surface area contributed by atoms with Gasteiger partial charge in [-0.25, -0.2) is 0 Å². The SMILES string of the molecule is c1ccc(-c2c3cc(N4c5ccccc5CCc5ccccc54)ccc3c(-c3ccc4ccccc4c3)c3ccc(N4c5ccccc5CCc5ccccc54)cc23)cc1. The van der Waals surface area contributed by atoms with Crippen molar-refractivity contribution in [3.05, 3.63) is 229 Å². The van der Waals surface area contributed by atoms with Gasteiger partial charge < -0.3 is 9.80 Å². The first-order valence-corrected chi connectivity index (χ1v) is 21.3. The number of rotatable bonds is 4. The van der Waals surface area contributed by atoms with Gasteiger partial charge >= 0.3 is 0 Å². The first kappa shape index (κ1) is 34.6. The van der Waals surface area contributed by atoms with Gasteiger partial charge in [-0.1, -0.05) is 152 Å². The molecule has 0 saturated heterocycles. The Balaban J connectivity index is 1.20. The van der Waals surface area contributed by atoms with Crippen LogP contribution in [0.2, 0.25) is 0 Å². The van der Waals surface area contributed by atoms with E-state index in [9.17, 15) is 0 Å². The van der Waals surface area contributed by atoms with Gasteiger partial charge in [0.2, 0.25) is 0 Å². The molecule has 2 heteroatoms. The molecule has 2 aliphatic heterocycles. The molecule has 0 fully saturated rings. The lowest BCUT2D eigenvalue weighted by Gasteiger charge is -2.29. The number of aryl methyl sites for hydroxylation is 4. The summed E-state index contributed by atoms with van der Waals surface area (Å²) in [6.45, 7) is 0. The van der Waals surface area contributed by atoms with Gasteiger partial charge in [0.05, 0.1) is 0 Å². The predicted molar refractivity (Wildman–Crippen MR) is 254 cm³/mol. The molecule has 0 amide bonds. The van der Waals surface area contributed by atoms with Gasteiger partial charge in [-0.15, -0.1) is 0 Å². The van der Waals surface area contributed by atoms with Crippen LogP contribution in [0.25, 0.3) is 54.6 Å². The van der Waals surface area contributed by atoms with E-state index < -0.39 is 0 Å². The molecule has 0 radical (unpaired) electrons. The highest BCUT2D eigenvalue weighted by molar-refractivity contribution is 6.23. The molecule has 10 aromatic carbocycles. The van der Waals surface area contributed by atoms with E-state index in [0.29, 0.717) is 0 Å². The van der Waals surface area contributed by atoms with E-state index in [1.54, 1.807) is 0 Å². The average Bonchev–Trinajstić information content (AvgIpc) is 3.59. The zero-order valence-corrected chi connectivity index (χ0v) is 33.4. The maximum atomic E-state index is 2.51. The number of anilines is 6. The molecule has 284 valence electrons. The Hall–Kier alpha value is -7.42. The average molecular weight is 767 g/mol. The highest BCUT2D eigenvalue weighted by Gasteiger charge is 2.26. The standard InChI is InChI=1S/C58H42N2/c1-2-19-44(20-3-1)57-51-37-47(59-53-22-10-6-15-40(53)27-28-41-16-7-11-23-54(41)59)32-34-49(51)58(46-31-26-39-14-4-5-21-45(39)36-46)50-35-33-48(38-52(50)57)60-55-24-12-8-17-42(55)29-30-43-18-9-13-25-56(43)60/h1-26,31-38H,27-30H2. The minimum Gasteiger partial charge on any atom is -0.310 e. The second-order valence-electron chi connectivity index (χ2n) is 16.3. The maximum Gasteiger partial charge on any atom is 0.0493 e. The van der Waals surface area contributed by atoms with E-state index in [1.165, 1.54) is 99.6 Å². The summed E-state index contributed by atoms with van der Waals surface area (Å²) in [5.41, 5.74) is 17.7. The Morgan fingerprint density at radius 2 is 0.667 bits per heavy atom. The fraction of sp³-hybridized carbons (Fsp3) is 0.0690. The zero-order valence-electron chi connectivity index (χ0n) is 33.4. The van der Waals surface area contributed by atoms with E-state index in [1.807, 2.05) is 0 Å². The third kappa shape index (κ3) is 5.63. The van der Waals surface area contributed by atoms with Crippen LogP contribution < -0.4 is 9.80 Å². The summed E-state index contributed by atoms with van der Waals surface area (Å²) in [5.74, 6) is 0. The van der Waals surface area contributed by atoms with Crippen LogP contribution in [0.5, 0.6) is 0 Å². The Bertz CT molecular complexity index is 3030. The highest BCUT2D eigenvalue weighted by Crippen LogP contribution is 2.50. The van der Waals surface area contributed by atoms with Crippen molar-refractivity contribution >= 4 is 66.4 Å². The third-order valence-electron chi connectivity index (χ3n) is 13.0. The lowest BCUT2D eigenvalue weighted by molar-refractivity contribution is 0.977. The van der Waals surface area contributed by atoms with Gasteiger partial charge in [-0.3, -0.25) is 0 Å². The van der Waals surface area contributed by atoms with Gasteiger partial charge in [0.1, 0.15) is 0 Å². The summed E-state index contributed by atoms with van der Waals surface area (Å²) in [6, 6.07) is 77.1. The molecular weight excluding hydrogens is 725 g/mol. The van der Waals surface area contributed by atoms with E-state index in [0.717, 1.165) is 37.1 Å². The number of para-hydroxylation sites is 4. The second kappa shape index (κ2) is 14.1. The van der Waals surface area contributed by atoms with Crippen molar-refractivity contribution in [1.29, 1.82) is 0 Å². The summed E-state index contributed by atoms with van der Waals surface area (Å²) in [4.78, 5) is 5.01. The first-order chi connectivity index (χ1) is 29.8. The minimum absolute atomic E-state index is 1.01. The van der Waals surface area contributed by atoms with Gasteiger partial charge in [0, 0.05) is 34.1 Å². The second-order valence-corrected chi connectivity index (χ2v) is 16.3. The van der Waals surface area contributed by atoms with Crippen molar-refractivity contribution in [3.63, 3.8) is 0 Å². The van der Waals surface area contributed by atoms with E-state index in [-0.39, 0.29) is 0 Å². The molecule has 0 spiro atoms. The predicted octanol–water partition coefficient (Wildman–Crippen LogP) is 15.6. The smallest absolute Gasteiger partial charge is 0.0493 e. The lowest BCUT2D eigenvalue weighted by atomic mass is 9.85. The molecule has 0 aromatic heterocycles. The molecule has 0 aliphatic carbocycles. The zero-order chi connectivity index (χ0) is 39.6. The third-order valence-corrected chi connectivity index (χ3v) is 13.0. The Labute approximate surface area is 351 Å². The molecular formula is C58H42N2. The Kier molecular flexibility index (Phi) is 8.16. The highest BCUT2D eigenvalue weighted by atomic mass is 15.2. The van der Waals surface area contributed by atoms with E-state index in [4.69, 9.17) is 0 Å². The van der Waals surface area contributed by atoms with Crippen LogP contribution >= 0.6 is 0 Å². The molecule has 10 aromatic rings. The molecule has 0 atom stereocenters. The summed E-state index contributed by atoms with van der Waals surface area (Å²) >= 11 is 0. The van der Waals surface area contributed by atoms with Crippen LogP contribution in [0.3, 0.4) is 0 Å². The molecule has 12 rings (SSSR count). The van der Waals surface area contributed by atoms with E-state index >= 15 is 0 Å². The summed E-state index contributed by atoms with van der Waals surface area (Å²) in [6.07, 6.45) is 4.03. The molecule has 2 heterocycles. The van der Waals surface area contributed by atoms with Crippen LogP contribution in [-0.2, 0) is 25.7 Å². The van der Waals surface area contributed by atoms with Gasteiger partial charge in [-0.05, 0) is 157 Å². The molecule has 2 aliphatic rings. The van der Waals surface area contributed by atoms with Crippen molar-refractivity contribution in [2.75, 3.05) is 9.80 Å². The lowest BCUT2D eigenvalue weighted by Crippen LogP contribution is -2.12. The number of hydrogen-bond acceptors (Lipinski definition) is 2. The van der Waals surface area contributed by atoms with Gasteiger partial charge in [0.15, 0.2) is 0 Å². The summed E-state index contributed by atoms with van der Waals surface area (Å²) < 4.78 is 0. The molecule has 60 heavy (non-hydrogen) atoms. The molecule has 2 nitrogen and oxygen atoms in total. The largest absolute Gasteiger partial charge is 0.310 e. The normalized spacial score (nSPS) is 13.3. The number of fused-ring (bicyclic) bond motifs is 7. The van der Waals surface area contributed by atoms with Crippen LogP contribution in [0.4, 0.5) is 34.1 Å². The fourth-order valence-corrected chi connectivity index (χ4v) is 10.2. The van der Waals surface area contributed by atoms with Crippen molar-refractivity contribution in [1.82, 2.24) is 0 Å². The minimum atomic E-state index is 1.01. The van der Waals surface area contributed by atoms with Crippen LogP contribution in [-0.4, -0.2) is 0 Å². The number of nitrogens with zero attached hydrogens (tertiary/aromatic N) is 2. The Morgan fingerprint density at radius 3 is 1.15 bits per heavy atom. The summed E-state index contributed by atoms with van der Waals surface area (Å²) in [7, 11) is 0. The van der Waals surface area contributed by atoms with Crippen molar-refractivity contribution in [2.24, 2.45) is 0 Å². The van der Waals surface area contributed by atoms with Crippen LogP contribution in [0.1, 0.15) is 22.3 Å². The fourth-order valence-electron chi connectivity index (χ4n) is 10.2. The monoisotopic (exact) mass is 766 g/mol. The topological polar surface area (TPSA) is 6.48 Å². The number of hydrogen-bond donors (Lipinski definition) is 0. The molecule has 0 bridgehead atoms. The molecule has 0 unspecified atom stereocenters. The Morgan fingerprint density at radius 1 is 0.267 bits per heavy atom. The maximum absolute atomic E-state index is 2.51. The molecule has 0 N–H and O–H groups in total. The van der Waals surface area contributed by atoms with E-state index in [2.05, 4.69) is 216 Å².